The molecule has 0 spiro atoms. The smallest absolute Gasteiger partial charge is 0.0604 e. The molecule has 5 atom stereocenters. The molecule has 0 N–H and O–H groups in total. The molecule has 0 aromatic rings. The molecule has 0 aromatic carbocycles. The number of ether oxygens (including phenoxy) is 1. The van der Waals surface area contributed by atoms with Crippen LogP contribution in [0.1, 0.15) is 41.0 Å². The van der Waals surface area contributed by atoms with E-state index < -0.39 is 0 Å². The van der Waals surface area contributed by atoms with E-state index in [1.807, 2.05) is 0 Å². The van der Waals surface area contributed by atoms with Crippen LogP contribution in [0.25, 0.3) is 0 Å². The van der Waals surface area contributed by atoms with Crippen LogP contribution in [0.3, 0.4) is 0 Å². The molecule has 0 aromatic heterocycles. The molecular weight excluding hydrogens is 148 g/mol. The molecule has 0 aliphatic carbocycles. The van der Waals surface area contributed by atoms with Gasteiger partial charge in [-0.3, -0.25) is 0 Å². The van der Waals surface area contributed by atoms with Crippen LogP contribution in [-0.2, 0) is 4.74 Å². The Bertz CT molecular complexity index is 139. The third-order valence-corrected chi connectivity index (χ3v) is 3.78. The highest BCUT2D eigenvalue weighted by molar-refractivity contribution is 4.83. The summed E-state index contributed by atoms with van der Waals surface area (Å²) >= 11 is 0. The Morgan fingerprint density at radius 3 is 2.00 bits per heavy atom. The quantitative estimate of drug-likeness (QED) is 0.587. The van der Waals surface area contributed by atoms with Gasteiger partial charge in [-0.1, -0.05) is 27.7 Å². The van der Waals surface area contributed by atoms with E-state index in [-0.39, 0.29) is 0 Å². The first-order chi connectivity index (χ1) is 5.57. The Morgan fingerprint density at radius 2 is 1.50 bits per heavy atom. The number of hydrogen-bond acceptors (Lipinski definition) is 1. The minimum Gasteiger partial charge on any atom is -0.375 e. The maximum Gasteiger partial charge on any atom is 0.0604 e. The van der Waals surface area contributed by atoms with Crippen molar-refractivity contribution in [2.24, 2.45) is 17.8 Å². The molecule has 12 heavy (non-hydrogen) atoms. The van der Waals surface area contributed by atoms with Crippen LogP contribution in [0.4, 0.5) is 0 Å². The van der Waals surface area contributed by atoms with Gasteiger partial charge in [-0.25, -0.2) is 0 Å². The molecule has 1 nitrogen and oxygen atoms in total. The summed E-state index contributed by atoms with van der Waals surface area (Å²) in [6.45, 7) is 11.4. The summed E-state index contributed by atoms with van der Waals surface area (Å²) in [6.07, 6.45) is 2.09. The zero-order valence-corrected chi connectivity index (χ0v) is 9.00. The molecule has 0 bridgehead atoms. The van der Waals surface area contributed by atoms with Crippen molar-refractivity contribution in [3.05, 3.63) is 0 Å². The lowest BCUT2D eigenvalue weighted by Crippen LogP contribution is -2.42. The van der Waals surface area contributed by atoms with Crippen molar-refractivity contribution >= 4 is 0 Å². The second-order valence-corrected chi connectivity index (χ2v) is 4.37. The fourth-order valence-electron chi connectivity index (χ4n) is 2.24. The van der Waals surface area contributed by atoms with Gasteiger partial charge in [0.1, 0.15) is 0 Å². The molecule has 1 fully saturated rings. The zero-order valence-electron chi connectivity index (χ0n) is 9.00. The minimum absolute atomic E-state index is 0.446. The molecular formula is C11H22O. The van der Waals surface area contributed by atoms with E-state index in [2.05, 4.69) is 34.6 Å². The van der Waals surface area contributed by atoms with Crippen molar-refractivity contribution in [3.8, 4) is 0 Å². The van der Waals surface area contributed by atoms with Gasteiger partial charge in [-0.15, -0.1) is 0 Å². The fraction of sp³-hybridized carbons (Fsp3) is 1.00. The lowest BCUT2D eigenvalue weighted by atomic mass is 9.76. The summed E-state index contributed by atoms with van der Waals surface area (Å²) in [5.74, 6) is 2.24. The average Bonchev–Trinajstić information content (AvgIpc) is 2.08. The first-order valence-electron chi connectivity index (χ1n) is 5.23. The van der Waals surface area contributed by atoms with Crippen LogP contribution in [0.2, 0.25) is 0 Å². The molecule has 4 unspecified atom stereocenters. The maximum absolute atomic E-state index is 5.93. The lowest BCUT2D eigenvalue weighted by Gasteiger charge is -2.42. The normalized spacial score (nSPS) is 49.2. The Morgan fingerprint density at radius 1 is 0.917 bits per heavy atom. The number of hydrogen-bond donors (Lipinski definition) is 0. The van der Waals surface area contributed by atoms with E-state index in [1.165, 1.54) is 0 Å². The molecule has 1 rings (SSSR count). The largest absolute Gasteiger partial charge is 0.375 e. The fourth-order valence-corrected chi connectivity index (χ4v) is 2.24. The van der Waals surface area contributed by atoms with Gasteiger partial charge < -0.3 is 4.74 Å². The molecule has 1 aliphatic heterocycles. The summed E-state index contributed by atoms with van der Waals surface area (Å²) in [5.41, 5.74) is 0. The van der Waals surface area contributed by atoms with Gasteiger partial charge in [0.15, 0.2) is 0 Å². The van der Waals surface area contributed by atoms with Crippen molar-refractivity contribution in [2.75, 3.05) is 0 Å². The molecule has 1 aliphatic rings. The Hall–Kier alpha value is -0.0400. The molecule has 0 saturated carbocycles. The standard InChI is InChI=1S/C11H22O/c1-6-11-9(4)7(2)8(3)10(5)12-11/h7-11H,6H2,1-5H3/t7-,8?,9?,10?,11?/m1/s1. The minimum atomic E-state index is 0.446. The monoisotopic (exact) mass is 170 g/mol. The summed E-state index contributed by atoms with van der Waals surface area (Å²) in [4.78, 5) is 0. The summed E-state index contributed by atoms with van der Waals surface area (Å²) < 4.78 is 5.93. The highest BCUT2D eigenvalue weighted by atomic mass is 16.5. The van der Waals surface area contributed by atoms with E-state index in [0.29, 0.717) is 18.1 Å². The van der Waals surface area contributed by atoms with E-state index in [1.54, 1.807) is 0 Å². The second-order valence-electron chi connectivity index (χ2n) is 4.37. The third-order valence-electron chi connectivity index (χ3n) is 3.78. The Labute approximate surface area is 76.5 Å². The molecule has 1 saturated heterocycles. The van der Waals surface area contributed by atoms with Gasteiger partial charge >= 0.3 is 0 Å². The van der Waals surface area contributed by atoms with Crippen LogP contribution in [0.15, 0.2) is 0 Å². The number of rotatable bonds is 1. The predicted octanol–water partition coefficient (Wildman–Crippen LogP) is 3.09. The van der Waals surface area contributed by atoms with Gasteiger partial charge in [-0.05, 0) is 31.1 Å². The van der Waals surface area contributed by atoms with Gasteiger partial charge in [-0.2, -0.15) is 0 Å². The molecule has 1 heteroatoms. The predicted molar refractivity (Wildman–Crippen MR) is 52.1 cm³/mol. The average molecular weight is 170 g/mol. The van der Waals surface area contributed by atoms with Gasteiger partial charge in [0.05, 0.1) is 12.2 Å². The topological polar surface area (TPSA) is 9.23 Å². The highest BCUT2D eigenvalue weighted by Crippen LogP contribution is 2.35. The van der Waals surface area contributed by atoms with E-state index in [0.717, 1.165) is 18.3 Å². The van der Waals surface area contributed by atoms with Gasteiger partial charge in [0.25, 0.3) is 0 Å². The summed E-state index contributed by atoms with van der Waals surface area (Å²) in [7, 11) is 0. The summed E-state index contributed by atoms with van der Waals surface area (Å²) in [5, 5.41) is 0. The first kappa shape index (κ1) is 10.0. The van der Waals surface area contributed by atoms with Crippen LogP contribution in [0, 0.1) is 17.8 Å². The van der Waals surface area contributed by atoms with E-state index in [4.69, 9.17) is 4.74 Å². The van der Waals surface area contributed by atoms with Crippen molar-refractivity contribution < 1.29 is 4.74 Å². The summed E-state index contributed by atoms with van der Waals surface area (Å²) in [6, 6.07) is 0. The van der Waals surface area contributed by atoms with Gasteiger partial charge in [0.2, 0.25) is 0 Å². The van der Waals surface area contributed by atoms with Crippen molar-refractivity contribution in [2.45, 2.75) is 53.2 Å². The van der Waals surface area contributed by atoms with E-state index in [9.17, 15) is 0 Å². The lowest BCUT2D eigenvalue weighted by molar-refractivity contribution is -0.125. The maximum atomic E-state index is 5.93. The molecule has 0 amide bonds. The highest BCUT2D eigenvalue weighted by Gasteiger charge is 2.35. The SMILES string of the molecule is CCC1OC(C)C(C)[C@@H](C)C1C. The van der Waals surface area contributed by atoms with Crippen molar-refractivity contribution in [1.82, 2.24) is 0 Å². The molecule has 1 heterocycles. The van der Waals surface area contributed by atoms with Crippen LogP contribution < -0.4 is 0 Å². The van der Waals surface area contributed by atoms with E-state index >= 15 is 0 Å². The van der Waals surface area contributed by atoms with Gasteiger partial charge in [0, 0.05) is 0 Å². The van der Waals surface area contributed by atoms with Crippen LogP contribution >= 0.6 is 0 Å². The Kier molecular flexibility index (Phi) is 3.16. The third kappa shape index (κ3) is 1.66. The first-order valence-corrected chi connectivity index (χ1v) is 5.23. The molecule has 0 radical (unpaired) electrons. The molecule has 72 valence electrons. The van der Waals surface area contributed by atoms with Crippen molar-refractivity contribution in [3.63, 3.8) is 0 Å². The van der Waals surface area contributed by atoms with Crippen LogP contribution in [-0.4, -0.2) is 12.2 Å². The second kappa shape index (κ2) is 3.78. The van der Waals surface area contributed by atoms with Crippen LogP contribution in [0.5, 0.6) is 0 Å². The van der Waals surface area contributed by atoms with Crippen molar-refractivity contribution in [1.29, 1.82) is 0 Å². The zero-order chi connectivity index (χ0) is 9.30. The Balaban J connectivity index is 2.63.